The third kappa shape index (κ3) is 5.25. The Morgan fingerprint density at radius 3 is 2.31 bits per heavy atom. The molecule has 0 aliphatic carbocycles. The fraction of sp³-hybridized carbons (Fsp3) is 0.273. The molecule has 3 rings (SSSR count). The minimum absolute atomic E-state index is 0.0689. The fourth-order valence-corrected chi connectivity index (χ4v) is 2.96. The molecule has 0 radical (unpaired) electrons. The zero-order valence-corrected chi connectivity index (χ0v) is 16.1. The maximum Gasteiger partial charge on any atom is 0.416 e. The minimum atomic E-state index is -4.36. The molecule has 0 saturated heterocycles. The summed E-state index contributed by atoms with van der Waals surface area (Å²) in [5.41, 5.74) is 0.531. The van der Waals surface area contributed by atoms with E-state index in [4.69, 9.17) is 4.74 Å². The molecule has 1 heterocycles. The second-order valence-electron chi connectivity index (χ2n) is 6.93. The summed E-state index contributed by atoms with van der Waals surface area (Å²) in [5, 5.41) is 0. The minimum Gasteiger partial charge on any atom is -0.486 e. The summed E-state index contributed by atoms with van der Waals surface area (Å²) in [6, 6.07) is 11.8. The van der Waals surface area contributed by atoms with Crippen LogP contribution in [-0.2, 0) is 26.3 Å². The summed E-state index contributed by atoms with van der Waals surface area (Å²) in [7, 11) is 1.88. The van der Waals surface area contributed by atoms with E-state index in [0.29, 0.717) is 29.9 Å². The first-order chi connectivity index (χ1) is 13.7. The number of rotatable bonds is 7. The molecule has 0 aliphatic rings. The Hall–Kier alpha value is -3.09. The molecule has 7 heteroatoms. The number of hydrogen-bond acceptors (Lipinski definition) is 3. The van der Waals surface area contributed by atoms with Crippen molar-refractivity contribution < 1.29 is 22.7 Å². The Morgan fingerprint density at radius 2 is 1.76 bits per heavy atom. The van der Waals surface area contributed by atoms with Crippen LogP contribution in [0, 0.1) is 5.92 Å². The van der Waals surface area contributed by atoms with E-state index in [-0.39, 0.29) is 11.7 Å². The number of imidazole rings is 1. The van der Waals surface area contributed by atoms with Crippen molar-refractivity contribution in [1.29, 1.82) is 0 Å². The number of carbonyl (C=O) groups excluding carboxylic acids is 1. The van der Waals surface area contributed by atoms with Crippen molar-refractivity contribution in [3.05, 3.63) is 83.4 Å². The first-order valence-corrected chi connectivity index (χ1v) is 9.13. The first-order valence-electron chi connectivity index (χ1n) is 9.13. The molecule has 1 atom stereocenters. The van der Waals surface area contributed by atoms with Gasteiger partial charge < -0.3 is 9.30 Å². The van der Waals surface area contributed by atoms with Gasteiger partial charge in [0.2, 0.25) is 0 Å². The van der Waals surface area contributed by atoms with Crippen molar-refractivity contribution in [3.63, 3.8) is 0 Å². The first kappa shape index (κ1) is 20.6. The van der Waals surface area contributed by atoms with Gasteiger partial charge in [-0.1, -0.05) is 19.1 Å². The second kappa shape index (κ2) is 8.51. The van der Waals surface area contributed by atoms with Gasteiger partial charge in [-0.15, -0.1) is 0 Å². The molecule has 152 valence electrons. The van der Waals surface area contributed by atoms with Crippen LogP contribution < -0.4 is 4.74 Å². The molecular formula is C22H21F3N2O2. The van der Waals surface area contributed by atoms with Gasteiger partial charge in [0.25, 0.3) is 0 Å². The zero-order valence-electron chi connectivity index (χ0n) is 16.1. The van der Waals surface area contributed by atoms with Gasteiger partial charge in [0.15, 0.2) is 5.78 Å². The third-order valence-corrected chi connectivity index (χ3v) is 4.70. The quantitative estimate of drug-likeness (QED) is 0.518. The number of ketones is 1. The van der Waals surface area contributed by atoms with Crippen LogP contribution in [0.2, 0.25) is 0 Å². The van der Waals surface area contributed by atoms with Gasteiger partial charge in [-0.25, -0.2) is 4.98 Å². The van der Waals surface area contributed by atoms with E-state index in [1.807, 2.05) is 17.8 Å². The van der Waals surface area contributed by atoms with Gasteiger partial charge in [-0.05, 0) is 48.4 Å². The molecule has 0 bridgehead atoms. The molecular weight excluding hydrogens is 381 g/mol. The van der Waals surface area contributed by atoms with Crippen LogP contribution in [0.1, 0.15) is 34.2 Å². The number of Topliss-reactive ketones (excluding diaryl/α,β-unsaturated/α-hetero) is 1. The summed E-state index contributed by atoms with van der Waals surface area (Å²) in [6.45, 7) is 2.09. The number of ether oxygens (including phenoxy) is 1. The number of aromatic nitrogens is 2. The second-order valence-corrected chi connectivity index (χ2v) is 6.93. The number of aryl methyl sites for hydroxylation is 1. The Bertz CT molecular complexity index is 961. The van der Waals surface area contributed by atoms with Crippen LogP contribution in [-0.4, -0.2) is 15.3 Å². The van der Waals surface area contributed by atoms with Crippen LogP contribution in [0.3, 0.4) is 0 Å². The molecule has 1 unspecified atom stereocenters. The number of halogens is 3. The van der Waals surface area contributed by atoms with E-state index in [1.165, 1.54) is 12.1 Å². The average Bonchev–Trinajstić information content (AvgIpc) is 3.10. The van der Waals surface area contributed by atoms with Crippen molar-refractivity contribution in [2.75, 3.05) is 0 Å². The molecule has 0 N–H and O–H groups in total. The Morgan fingerprint density at radius 1 is 1.10 bits per heavy atom. The zero-order chi connectivity index (χ0) is 21.0. The van der Waals surface area contributed by atoms with Crippen LogP contribution >= 0.6 is 0 Å². The summed E-state index contributed by atoms with van der Waals surface area (Å²) >= 11 is 0. The molecule has 0 saturated carbocycles. The predicted octanol–water partition coefficient (Wildman–Crippen LogP) is 5.08. The van der Waals surface area contributed by atoms with Crippen LogP contribution in [0.5, 0.6) is 5.75 Å². The van der Waals surface area contributed by atoms with Crippen molar-refractivity contribution >= 4 is 5.78 Å². The van der Waals surface area contributed by atoms with Gasteiger partial charge in [0.1, 0.15) is 18.2 Å². The van der Waals surface area contributed by atoms with E-state index < -0.39 is 11.7 Å². The molecule has 0 aliphatic heterocycles. The van der Waals surface area contributed by atoms with Crippen LogP contribution in [0.15, 0.2) is 60.9 Å². The van der Waals surface area contributed by atoms with Gasteiger partial charge in [0.05, 0.1) is 5.56 Å². The number of nitrogens with zero attached hydrogens (tertiary/aromatic N) is 2. The normalized spacial score (nSPS) is 12.6. The monoisotopic (exact) mass is 402 g/mol. The standard InChI is InChI=1S/C22H21F3N2O2/c1-15(13-16-3-7-18(8-4-16)22(23,24)25)21(28)17-5-9-19(10-6-17)29-14-20-26-11-12-27(20)2/h3-12,15H,13-14H2,1-2H3. The molecule has 29 heavy (non-hydrogen) atoms. The molecule has 1 aromatic heterocycles. The van der Waals surface area contributed by atoms with Crippen molar-refractivity contribution in [2.45, 2.75) is 26.1 Å². The summed E-state index contributed by atoms with van der Waals surface area (Å²) in [4.78, 5) is 16.8. The number of carbonyl (C=O) groups is 1. The average molecular weight is 402 g/mol. The predicted molar refractivity (Wildman–Crippen MR) is 103 cm³/mol. The molecule has 0 spiro atoms. The topological polar surface area (TPSA) is 44.1 Å². The highest BCUT2D eigenvalue weighted by Gasteiger charge is 2.30. The highest BCUT2D eigenvalue weighted by molar-refractivity contribution is 5.97. The van der Waals surface area contributed by atoms with Gasteiger partial charge in [0, 0.05) is 30.9 Å². The number of hydrogen-bond donors (Lipinski definition) is 0. The largest absolute Gasteiger partial charge is 0.486 e. The molecule has 0 amide bonds. The van der Waals surface area contributed by atoms with Gasteiger partial charge >= 0.3 is 6.18 Å². The Kier molecular flexibility index (Phi) is 6.06. The Labute approximate surface area is 167 Å². The van der Waals surface area contributed by atoms with E-state index >= 15 is 0 Å². The summed E-state index contributed by atoms with van der Waals surface area (Å²) in [6.07, 6.45) is -0.467. The van der Waals surface area contributed by atoms with Crippen molar-refractivity contribution in [2.24, 2.45) is 13.0 Å². The van der Waals surface area contributed by atoms with E-state index in [2.05, 4.69) is 4.98 Å². The lowest BCUT2D eigenvalue weighted by Gasteiger charge is -2.13. The van der Waals surface area contributed by atoms with E-state index in [1.54, 1.807) is 37.4 Å². The van der Waals surface area contributed by atoms with Gasteiger partial charge in [-0.2, -0.15) is 13.2 Å². The van der Waals surface area contributed by atoms with Gasteiger partial charge in [-0.3, -0.25) is 4.79 Å². The lowest BCUT2D eigenvalue weighted by Crippen LogP contribution is -2.14. The highest BCUT2D eigenvalue weighted by atomic mass is 19.4. The lowest BCUT2D eigenvalue weighted by atomic mass is 9.92. The van der Waals surface area contributed by atoms with Crippen LogP contribution in [0.4, 0.5) is 13.2 Å². The maximum absolute atomic E-state index is 12.6. The van der Waals surface area contributed by atoms with Crippen molar-refractivity contribution in [3.8, 4) is 5.75 Å². The molecule has 2 aromatic carbocycles. The molecule has 0 fully saturated rings. The van der Waals surface area contributed by atoms with Crippen molar-refractivity contribution in [1.82, 2.24) is 9.55 Å². The smallest absolute Gasteiger partial charge is 0.416 e. The number of alkyl halides is 3. The fourth-order valence-electron chi connectivity index (χ4n) is 2.96. The number of benzene rings is 2. The lowest BCUT2D eigenvalue weighted by molar-refractivity contribution is -0.137. The third-order valence-electron chi connectivity index (χ3n) is 4.70. The SMILES string of the molecule is CC(Cc1ccc(C(F)(F)F)cc1)C(=O)c1ccc(OCc2nccn2C)cc1. The molecule has 4 nitrogen and oxygen atoms in total. The van der Waals surface area contributed by atoms with E-state index in [9.17, 15) is 18.0 Å². The molecule has 3 aromatic rings. The summed E-state index contributed by atoms with van der Waals surface area (Å²) < 4.78 is 45.5. The van der Waals surface area contributed by atoms with E-state index in [0.717, 1.165) is 18.0 Å². The summed E-state index contributed by atoms with van der Waals surface area (Å²) in [5.74, 6) is 0.988. The van der Waals surface area contributed by atoms with Crippen LogP contribution in [0.25, 0.3) is 0 Å². The maximum atomic E-state index is 12.6. The highest BCUT2D eigenvalue weighted by Crippen LogP contribution is 2.29. The Balaban J connectivity index is 1.58.